The first-order valence-corrected chi connectivity index (χ1v) is 19.5. The molecule has 5 N–H and O–H groups in total. The van der Waals surface area contributed by atoms with Gasteiger partial charge in [-0.3, -0.25) is 9.59 Å². The topological polar surface area (TPSA) is 162 Å². The van der Waals surface area contributed by atoms with Gasteiger partial charge in [-0.2, -0.15) is 0 Å². The molecule has 0 bridgehead atoms. The molecule has 3 heterocycles. The molecule has 304 valence electrons. The molecule has 6 aromatic rings. The summed E-state index contributed by atoms with van der Waals surface area (Å²) in [7, 11) is 4.75. The fraction of sp³-hybridized carbons (Fsp3) is 0.250. The Hall–Kier alpha value is -6.71. The van der Waals surface area contributed by atoms with E-state index in [1.807, 2.05) is 77.7 Å². The van der Waals surface area contributed by atoms with Crippen molar-refractivity contribution in [3.8, 4) is 17.4 Å². The SMILES string of the molecule is COc1cc(OC)cc(N2CCN(C(=S)Nc3cc(C(=O)NC(C)C(=O)Nc4cc(CO)cc(Nc5c6ccccc6nc6ccccc56)c4)c(C)nc3OC)CC2)c1. The summed E-state index contributed by atoms with van der Waals surface area (Å²) < 4.78 is 16.5. The van der Waals surface area contributed by atoms with E-state index in [4.69, 9.17) is 31.4 Å². The summed E-state index contributed by atoms with van der Waals surface area (Å²) in [6, 6.07) is 27.5. The van der Waals surface area contributed by atoms with Crippen LogP contribution in [0.5, 0.6) is 17.4 Å². The summed E-state index contributed by atoms with van der Waals surface area (Å²) in [5, 5.41) is 24.9. The minimum Gasteiger partial charge on any atom is -0.497 e. The monoisotopic (exact) mass is 814 g/mol. The number of carbonyl (C=O) groups is 2. The van der Waals surface area contributed by atoms with Crippen molar-refractivity contribution in [3.05, 3.63) is 108 Å². The lowest BCUT2D eigenvalue weighted by Crippen LogP contribution is -2.50. The predicted octanol–water partition coefficient (Wildman–Crippen LogP) is 6.63. The normalized spacial score (nSPS) is 13.1. The fourth-order valence-electron chi connectivity index (χ4n) is 7.03. The third-order valence-electron chi connectivity index (χ3n) is 10.2. The van der Waals surface area contributed by atoms with Crippen molar-refractivity contribution in [3.63, 3.8) is 0 Å². The average Bonchev–Trinajstić information content (AvgIpc) is 3.26. The van der Waals surface area contributed by atoms with Gasteiger partial charge in [0.05, 0.1) is 55.9 Å². The summed E-state index contributed by atoms with van der Waals surface area (Å²) in [6.07, 6.45) is 0. The van der Waals surface area contributed by atoms with E-state index >= 15 is 0 Å². The molecule has 7 rings (SSSR count). The minimum atomic E-state index is -0.940. The number of amides is 2. The van der Waals surface area contributed by atoms with Gasteiger partial charge in [0, 0.05) is 72.2 Å². The van der Waals surface area contributed by atoms with Crippen molar-refractivity contribution in [2.45, 2.75) is 26.5 Å². The van der Waals surface area contributed by atoms with Crippen LogP contribution in [0.2, 0.25) is 0 Å². The molecule has 1 atom stereocenters. The smallest absolute Gasteiger partial charge is 0.253 e. The Morgan fingerprint density at radius 2 is 1.42 bits per heavy atom. The van der Waals surface area contributed by atoms with Gasteiger partial charge in [0.15, 0.2) is 5.11 Å². The molecule has 0 saturated carbocycles. The van der Waals surface area contributed by atoms with Crippen LogP contribution in [0, 0.1) is 6.92 Å². The highest BCUT2D eigenvalue weighted by Gasteiger charge is 2.24. The first-order chi connectivity index (χ1) is 28.6. The van der Waals surface area contributed by atoms with Gasteiger partial charge in [0.2, 0.25) is 11.8 Å². The molecule has 2 amide bonds. The number of pyridine rings is 2. The van der Waals surface area contributed by atoms with Crippen LogP contribution in [-0.2, 0) is 11.4 Å². The summed E-state index contributed by atoms with van der Waals surface area (Å²) in [4.78, 5) is 40.9. The van der Waals surface area contributed by atoms with Crippen LogP contribution in [0.1, 0.15) is 28.5 Å². The Labute approximate surface area is 347 Å². The van der Waals surface area contributed by atoms with Gasteiger partial charge in [0.1, 0.15) is 23.2 Å². The zero-order valence-electron chi connectivity index (χ0n) is 33.5. The number of aliphatic hydroxyl groups is 1. The molecule has 14 nitrogen and oxygen atoms in total. The number of nitrogens with one attached hydrogen (secondary N) is 4. The van der Waals surface area contributed by atoms with Gasteiger partial charge in [-0.05, 0) is 68.0 Å². The lowest BCUT2D eigenvalue weighted by molar-refractivity contribution is -0.117. The van der Waals surface area contributed by atoms with E-state index in [-0.39, 0.29) is 18.1 Å². The van der Waals surface area contributed by atoms with Crippen molar-refractivity contribution < 1.29 is 28.9 Å². The second-order valence-corrected chi connectivity index (χ2v) is 14.4. The molecule has 0 spiro atoms. The zero-order valence-corrected chi connectivity index (χ0v) is 34.3. The van der Waals surface area contributed by atoms with E-state index in [0.717, 1.165) is 33.2 Å². The number of piperazine rings is 1. The van der Waals surface area contributed by atoms with E-state index < -0.39 is 17.9 Å². The second kappa shape index (κ2) is 17.8. The number of hydrogen-bond donors (Lipinski definition) is 5. The van der Waals surface area contributed by atoms with Gasteiger partial charge in [0.25, 0.3) is 5.91 Å². The summed E-state index contributed by atoms with van der Waals surface area (Å²) in [5.74, 6) is 0.749. The van der Waals surface area contributed by atoms with Crippen molar-refractivity contribution in [2.75, 3.05) is 68.4 Å². The molecular formula is C44H46N8O6S. The van der Waals surface area contributed by atoms with E-state index in [1.54, 1.807) is 46.3 Å². The lowest BCUT2D eigenvalue weighted by Gasteiger charge is -2.37. The predicted molar refractivity (Wildman–Crippen MR) is 236 cm³/mol. The number of methoxy groups -OCH3 is 3. The highest BCUT2D eigenvalue weighted by Crippen LogP contribution is 2.35. The molecule has 1 fully saturated rings. The Morgan fingerprint density at radius 3 is 2.03 bits per heavy atom. The molecule has 59 heavy (non-hydrogen) atoms. The van der Waals surface area contributed by atoms with Gasteiger partial charge >= 0.3 is 0 Å². The largest absolute Gasteiger partial charge is 0.497 e. The lowest BCUT2D eigenvalue weighted by atomic mass is 10.1. The molecule has 0 aliphatic carbocycles. The first kappa shape index (κ1) is 40.5. The first-order valence-electron chi connectivity index (χ1n) is 19.1. The van der Waals surface area contributed by atoms with Crippen molar-refractivity contribution >= 4 is 79.4 Å². The summed E-state index contributed by atoms with van der Waals surface area (Å²) >= 11 is 5.81. The number of fused-ring (bicyclic) bond motifs is 2. The highest BCUT2D eigenvalue weighted by atomic mass is 32.1. The number of anilines is 5. The fourth-order valence-corrected chi connectivity index (χ4v) is 7.32. The number of para-hydroxylation sites is 2. The van der Waals surface area contributed by atoms with E-state index in [2.05, 4.69) is 31.2 Å². The number of aromatic nitrogens is 2. The maximum Gasteiger partial charge on any atom is 0.253 e. The van der Waals surface area contributed by atoms with Crippen LogP contribution in [0.3, 0.4) is 0 Å². The maximum absolute atomic E-state index is 13.7. The van der Waals surface area contributed by atoms with Crippen LogP contribution in [0.4, 0.5) is 28.4 Å². The highest BCUT2D eigenvalue weighted by molar-refractivity contribution is 7.80. The number of rotatable bonds is 12. The number of aliphatic hydroxyl groups excluding tert-OH is 1. The number of ether oxygens (including phenoxy) is 3. The Morgan fingerprint density at radius 1 is 0.797 bits per heavy atom. The molecule has 15 heteroatoms. The van der Waals surface area contributed by atoms with Gasteiger partial charge in [-0.25, -0.2) is 9.97 Å². The van der Waals surface area contributed by atoms with Gasteiger partial charge in [-0.15, -0.1) is 0 Å². The quantitative estimate of drug-likeness (QED) is 0.0662. The van der Waals surface area contributed by atoms with Crippen LogP contribution in [-0.4, -0.2) is 90.5 Å². The number of thiocarbonyl (C=S) groups is 1. The second-order valence-electron chi connectivity index (χ2n) is 14.1. The van der Waals surface area contributed by atoms with Crippen LogP contribution in [0.15, 0.2) is 91.0 Å². The third kappa shape index (κ3) is 9.06. The van der Waals surface area contributed by atoms with Crippen LogP contribution >= 0.6 is 12.2 Å². The van der Waals surface area contributed by atoms with Crippen LogP contribution < -0.4 is 40.4 Å². The molecule has 1 saturated heterocycles. The number of nitrogens with zero attached hydrogens (tertiary/aromatic N) is 4. The molecule has 1 aliphatic rings. The standard InChI is InChI=1S/C44H46N8O6S/c1-26-36(24-39(43(46-26)58-5)50-44(59)52-16-14-51(15-17-52)31-21-32(56-3)23-33(22-31)57-4)42(55)45-27(2)41(54)48-30-19-28(25-53)18-29(20-30)47-40-34-10-6-8-12-37(34)49-38-13-9-7-11-35(38)40/h6-13,18-24,27,53H,14-17,25H2,1-5H3,(H,45,55)(H,47,49)(H,48,54)(H,50,59). The number of hydrogen-bond acceptors (Lipinski definition) is 11. The molecule has 0 radical (unpaired) electrons. The average molecular weight is 815 g/mol. The van der Waals surface area contributed by atoms with Crippen molar-refractivity contribution in [1.29, 1.82) is 0 Å². The molecule has 2 aromatic heterocycles. The number of carbonyl (C=O) groups excluding carboxylic acids is 2. The summed E-state index contributed by atoms with van der Waals surface area (Å²) in [6.45, 7) is 5.74. The van der Waals surface area contributed by atoms with Crippen molar-refractivity contribution in [1.82, 2.24) is 20.2 Å². The van der Waals surface area contributed by atoms with E-state index in [9.17, 15) is 14.7 Å². The van der Waals surface area contributed by atoms with Crippen LogP contribution in [0.25, 0.3) is 21.8 Å². The van der Waals surface area contributed by atoms with Crippen molar-refractivity contribution in [2.24, 2.45) is 0 Å². The number of aryl methyl sites for hydroxylation is 1. The molecule has 1 aliphatic heterocycles. The Kier molecular flexibility index (Phi) is 12.2. The van der Waals surface area contributed by atoms with Gasteiger partial charge in [-0.1, -0.05) is 36.4 Å². The molecule has 4 aromatic carbocycles. The summed E-state index contributed by atoms with van der Waals surface area (Å²) in [5.41, 5.74) is 6.27. The van der Waals surface area contributed by atoms with Gasteiger partial charge < -0.3 is 50.4 Å². The molecular weight excluding hydrogens is 769 g/mol. The molecule has 1 unspecified atom stereocenters. The third-order valence-corrected chi connectivity index (χ3v) is 10.5. The number of benzene rings is 4. The Bertz CT molecular complexity index is 2470. The minimum absolute atomic E-state index is 0.248. The maximum atomic E-state index is 13.7. The van der Waals surface area contributed by atoms with E-state index in [1.165, 1.54) is 7.11 Å². The zero-order chi connectivity index (χ0) is 41.6. The Balaban J connectivity index is 1.02. The van der Waals surface area contributed by atoms with E-state index in [0.29, 0.717) is 71.1 Å².